The quantitative estimate of drug-likeness (QED) is 0.0512. The molecule has 8 aliphatic rings. The number of hydrogen-bond acceptors (Lipinski definition) is 26. The van der Waals surface area contributed by atoms with Crippen molar-refractivity contribution in [2.75, 3.05) is 77.7 Å². The minimum atomic E-state index is -0.235. The topological polar surface area (TPSA) is 399 Å². The second-order valence-electron chi connectivity index (χ2n) is 37.2. The molecule has 4 aliphatic carbocycles. The molecule has 8 aromatic heterocycles. The monoisotopic (exact) mass is 1880 g/mol. The Labute approximate surface area is 795 Å². The Morgan fingerprint density at radius 1 is 0.348 bits per heavy atom. The highest BCUT2D eigenvalue weighted by Gasteiger charge is 2.51. The Hall–Kier alpha value is -10.1. The maximum Gasteiger partial charge on any atom is 0.153 e. The van der Waals surface area contributed by atoms with Gasteiger partial charge in [0.05, 0.1) is 104 Å². The molecule has 0 radical (unpaired) electrons. The lowest BCUT2D eigenvalue weighted by atomic mass is 9.73. The van der Waals surface area contributed by atoms with Gasteiger partial charge >= 0.3 is 0 Å². The van der Waals surface area contributed by atoms with E-state index in [0.717, 1.165) is 186 Å². The van der Waals surface area contributed by atoms with E-state index in [0.29, 0.717) is 116 Å². The highest BCUT2D eigenvalue weighted by atomic mass is 35.5. The number of aliphatic hydroxyl groups is 5. The van der Waals surface area contributed by atoms with Crippen molar-refractivity contribution < 1.29 is 25.5 Å². The summed E-state index contributed by atoms with van der Waals surface area (Å²) in [4.78, 5) is 64.7. The van der Waals surface area contributed by atoms with Gasteiger partial charge in [0.1, 0.15) is 40.0 Å². The predicted octanol–water partition coefficient (Wildman–Crippen LogP) is 16.3. The van der Waals surface area contributed by atoms with E-state index in [4.69, 9.17) is 127 Å². The van der Waals surface area contributed by atoms with Crippen molar-refractivity contribution in [3.05, 3.63) is 271 Å². The Morgan fingerprint density at radius 3 is 1.23 bits per heavy atom. The molecule has 4 saturated heterocycles. The number of nitrogens with two attached hydrogens (primary N) is 5. The Kier molecular flexibility index (Phi) is 27.2. The summed E-state index contributed by atoms with van der Waals surface area (Å²) in [6.45, 7) is 21.1. The van der Waals surface area contributed by atoms with Crippen LogP contribution in [0.15, 0.2) is 128 Å². The van der Waals surface area contributed by atoms with Gasteiger partial charge in [0.2, 0.25) is 0 Å². The minimum absolute atomic E-state index is 0.00777. The Balaban J connectivity index is 0.000000123. The van der Waals surface area contributed by atoms with Crippen molar-refractivity contribution in [1.29, 1.82) is 0 Å². The smallest absolute Gasteiger partial charge is 0.153 e. The van der Waals surface area contributed by atoms with E-state index in [-0.39, 0.29) is 78.9 Å². The number of piperidine rings is 4. The summed E-state index contributed by atoms with van der Waals surface area (Å²) in [5, 5.41) is 52.1. The largest absolute Gasteiger partial charge is 0.392 e. The third kappa shape index (κ3) is 17.6. The third-order valence-corrected chi connectivity index (χ3v) is 31.5. The molecule has 4 aliphatic heterocycles. The van der Waals surface area contributed by atoms with Crippen LogP contribution >= 0.6 is 58.0 Å². The number of pyridine rings is 4. The summed E-state index contributed by atoms with van der Waals surface area (Å²) in [5.74, 6) is 3.30. The van der Waals surface area contributed by atoms with Gasteiger partial charge in [0, 0.05) is 124 Å². The van der Waals surface area contributed by atoms with E-state index < -0.39 is 0 Å². The first kappa shape index (κ1) is 93.7. The van der Waals surface area contributed by atoms with E-state index in [1.807, 2.05) is 59.9 Å². The zero-order valence-electron chi connectivity index (χ0n) is 75.8. The number of nitrogen functional groups attached to an aromatic ring is 1. The zero-order valence-corrected chi connectivity index (χ0v) is 79.6. The third-order valence-electron chi connectivity index (χ3n) is 29.3. The lowest BCUT2D eigenvalue weighted by molar-refractivity contribution is 0.186. The van der Waals surface area contributed by atoms with Gasteiger partial charge in [-0.05, 0) is 228 Å². The molecule has 4 aromatic carbocycles. The van der Waals surface area contributed by atoms with E-state index in [2.05, 4.69) is 126 Å². The molecule has 0 unspecified atom stereocenters. The number of aryl methyl sites for hydroxylation is 8. The summed E-state index contributed by atoms with van der Waals surface area (Å²) in [6.07, 6.45) is 18.7. The van der Waals surface area contributed by atoms with Crippen LogP contribution < -0.4 is 48.3 Å². The fourth-order valence-corrected chi connectivity index (χ4v) is 22.7. The van der Waals surface area contributed by atoms with Crippen molar-refractivity contribution in [3.63, 3.8) is 0 Å². The van der Waals surface area contributed by atoms with Gasteiger partial charge in [0.25, 0.3) is 0 Å². The van der Waals surface area contributed by atoms with Gasteiger partial charge in [-0.3, -0.25) is 15.0 Å². The van der Waals surface area contributed by atoms with Crippen LogP contribution in [-0.4, -0.2) is 138 Å². The van der Waals surface area contributed by atoms with Gasteiger partial charge in [-0.1, -0.05) is 148 Å². The molecular weight excluding hydrogens is 1760 g/mol. The Bertz CT molecular complexity index is 6380. The number of fused-ring (bicyclic) bond motifs is 4. The molecule has 4 atom stereocenters. The molecule has 4 fully saturated rings. The number of anilines is 5. The molecule has 0 saturated carbocycles. The molecule has 31 heteroatoms. The van der Waals surface area contributed by atoms with Crippen LogP contribution in [0.25, 0.3) is 45.2 Å². The van der Waals surface area contributed by atoms with Crippen LogP contribution in [0.1, 0.15) is 194 Å². The highest BCUT2D eigenvalue weighted by Crippen LogP contribution is 2.56. The standard InChI is InChI=1S/C27H30Cl2N4O2.C25H29ClN6O.C25H28ClN5O.C24H27ClN6O/c1-15-3-4-17-12-27(25(30)20(17)11-15)7-9-33(10-8-27)26-21(14-35)32-24(16(2)31-26)19-6-5-18(13-34)22(28)23(19)29;1-14-21(26)18(11-20(27)29-14)22-15(2)30-24(19(13-33)31-22)32-9-7-25(8-10-32)12-16-5-3-4-6-17(16)23(25)28;1-15-7-10-28-22(20(15)26)21-16(2)29-24(19(14-32)30-21)31-11-8-25(9-12-31)13-17-5-3-4-6-18(17)23(25)27;1-14-9-17-19(28-11-14)10-24(22(17)26)4-7-31(8-5-24)23-20(13-32)30-21(15(2)29-23)16-3-6-27-12-18(16)25/h3-6,11,25,34-35H,7-10,12-14,30H2,1-2H3;3-6,11,23,33H,7-10,12-13,28H2,1-2H3,(H2,27,29);3-7,10,23,32H,8-9,11-14,27H2,1-2H3;3,6,9,11-12,22,32H,4-5,7-8,10,13,26H2,1-2H3/t25-;2*23-;22-/m1110/s1. The van der Waals surface area contributed by atoms with Crippen LogP contribution in [-0.2, 0) is 58.7 Å². The molecule has 0 bridgehead atoms. The molecule has 20 rings (SSSR count). The summed E-state index contributed by atoms with van der Waals surface area (Å²) < 4.78 is 0. The van der Waals surface area contributed by atoms with E-state index in [1.165, 1.54) is 44.5 Å². The normalized spacial score (nSPS) is 19.2. The van der Waals surface area contributed by atoms with Crippen LogP contribution in [0.2, 0.25) is 25.1 Å². The average Bonchev–Trinajstić information content (AvgIpc) is 1.34. The second-order valence-corrected chi connectivity index (χ2v) is 39.1. The summed E-state index contributed by atoms with van der Waals surface area (Å²) >= 11 is 32.2. The van der Waals surface area contributed by atoms with E-state index >= 15 is 0 Å². The van der Waals surface area contributed by atoms with Crippen LogP contribution in [0.5, 0.6) is 0 Å². The second kappa shape index (κ2) is 38.3. The van der Waals surface area contributed by atoms with Crippen molar-refractivity contribution >= 4 is 87.1 Å². The molecule has 15 N–H and O–H groups in total. The molecule has 132 heavy (non-hydrogen) atoms. The van der Waals surface area contributed by atoms with E-state index in [9.17, 15) is 25.5 Å². The SMILES string of the molecule is Cc1ccc2c(c1)[C@@H](N)C1(CCN(c3nc(C)c(-c4ccc(CO)c(Cl)c4Cl)nc3CO)CC1)C2.Cc1ccnc(-c2nc(CO)c(N3CCC4(CC3)Cc3ccccc3[C@H]4N)nc2C)c1Cl.Cc1cnc2c(c1)[C@H](N)C1(CCN(c3nc(C)c(-c4ccncc4Cl)nc3CO)CC1)C2.Cc1nc(N2CCC3(CC2)Cc2ccccc2[C@H]3N)c(CO)nc1-c1cc(N)nc(C)c1Cl. The number of aliphatic hydroxyl groups excluding tert-OH is 5. The van der Waals surface area contributed by atoms with Gasteiger partial charge in [-0.25, -0.2) is 44.9 Å². The van der Waals surface area contributed by atoms with Gasteiger partial charge in [0.15, 0.2) is 23.3 Å². The Morgan fingerprint density at radius 2 is 0.765 bits per heavy atom. The first-order valence-electron chi connectivity index (χ1n) is 45.3. The van der Waals surface area contributed by atoms with Gasteiger partial charge < -0.3 is 73.8 Å². The number of halogens is 5. The van der Waals surface area contributed by atoms with Crippen LogP contribution in [0, 0.1) is 77.0 Å². The first-order chi connectivity index (χ1) is 63.4. The van der Waals surface area contributed by atoms with Crippen molar-refractivity contribution in [2.45, 2.75) is 190 Å². The lowest BCUT2D eigenvalue weighted by Gasteiger charge is -2.43. The molecule has 12 heterocycles. The van der Waals surface area contributed by atoms with Crippen molar-refractivity contribution in [1.82, 2.24) is 59.8 Å². The number of benzene rings is 4. The van der Waals surface area contributed by atoms with Crippen LogP contribution in [0.3, 0.4) is 0 Å². The molecule has 26 nitrogen and oxygen atoms in total. The molecule has 12 aromatic rings. The van der Waals surface area contributed by atoms with E-state index in [1.54, 1.807) is 36.8 Å². The maximum absolute atomic E-state index is 10.2. The summed E-state index contributed by atoms with van der Waals surface area (Å²) in [7, 11) is 0. The predicted molar refractivity (Wildman–Crippen MR) is 522 cm³/mol. The van der Waals surface area contributed by atoms with Crippen LogP contribution in [0.4, 0.5) is 29.1 Å². The first-order valence-corrected chi connectivity index (χ1v) is 47.2. The van der Waals surface area contributed by atoms with Gasteiger partial charge in [-0.15, -0.1) is 0 Å². The summed E-state index contributed by atoms with van der Waals surface area (Å²) in [5.41, 5.74) is 58.4. The molecule has 0 amide bonds. The molecule has 4 spiro atoms. The van der Waals surface area contributed by atoms with Crippen molar-refractivity contribution in [3.8, 4) is 45.2 Å². The summed E-state index contributed by atoms with van der Waals surface area (Å²) in [6, 6.07) is 35.0. The highest BCUT2D eigenvalue weighted by molar-refractivity contribution is 6.44. The number of hydrogen-bond donors (Lipinski definition) is 10. The fourth-order valence-electron chi connectivity index (χ4n) is 21.7. The minimum Gasteiger partial charge on any atom is -0.392 e. The molecular formula is C101H114Cl5N21O5. The number of aromatic nitrogens is 12. The zero-order chi connectivity index (χ0) is 93.1. The molecule has 688 valence electrons. The lowest BCUT2D eigenvalue weighted by Crippen LogP contribution is -2.45. The maximum atomic E-state index is 10.2. The fraction of sp³-hybridized carbons (Fsp3) is 0.406. The number of rotatable bonds is 13. The average molecular weight is 1880 g/mol. The van der Waals surface area contributed by atoms with Gasteiger partial charge in [-0.2, -0.15) is 0 Å². The van der Waals surface area contributed by atoms with Crippen molar-refractivity contribution in [2.24, 2.45) is 44.6 Å². The number of nitrogens with zero attached hydrogens (tertiary/aromatic N) is 16.